The van der Waals surface area contributed by atoms with Gasteiger partial charge in [-0.2, -0.15) is 0 Å². The van der Waals surface area contributed by atoms with Crippen molar-refractivity contribution in [1.29, 1.82) is 0 Å². The van der Waals surface area contributed by atoms with Gasteiger partial charge in [0.1, 0.15) is 5.57 Å². The summed E-state index contributed by atoms with van der Waals surface area (Å²) in [4.78, 5) is 55.4. The van der Waals surface area contributed by atoms with E-state index in [0.717, 1.165) is 15.4 Å². The first kappa shape index (κ1) is 30.1. The number of rotatable bonds is 9. The lowest BCUT2D eigenvalue weighted by atomic mass is 10.0. The molecule has 44 heavy (non-hydrogen) atoms. The van der Waals surface area contributed by atoms with Gasteiger partial charge in [0.2, 0.25) is 0 Å². The standard InChI is InChI=1S/C34H28ClN3O6/c1-3-43-29-20-23(19-27(35)31(29)44-21-30(39)36-28-17-11-10-12-22(28)2)18-26-32(40)37(24-13-6-4-7-14-24)34(42)38(33(26)41)25-15-8-5-9-16-25/h4-20H,3,21H2,1-2H3,(H,36,39). The zero-order chi connectivity index (χ0) is 31.2. The van der Waals surface area contributed by atoms with Gasteiger partial charge < -0.3 is 14.8 Å². The number of aryl methyl sites for hydroxylation is 1. The lowest BCUT2D eigenvalue weighted by molar-refractivity contribution is -0.121. The average molecular weight is 610 g/mol. The topological polar surface area (TPSA) is 105 Å². The summed E-state index contributed by atoms with van der Waals surface area (Å²) in [6, 6.07) is 26.3. The van der Waals surface area contributed by atoms with Crippen LogP contribution in [0.5, 0.6) is 11.5 Å². The normalized spacial score (nSPS) is 13.2. The van der Waals surface area contributed by atoms with Gasteiger partial charge in [-0.3, -0.25) is 14.4 Å². The van der Waals surface area contributed by atoms with Crippen molar-refractivity contribution in [2.24, 2.45) is 0 Å². The van der Waals surface area contributed by atoms with Gasteiger partial charge >= 0.3 is 6.03 Å². The number of para-hydroxylation sites is 3. The molecule has 1 saturated heterocycles. The average Bonchev–Trinajstić information content (AvgIpc) is 3.01. The molecule has 0 unspecified atom stereocenters. The number of carbonyl (C=O) groups is 4. The second-order valence-corrected chi connectivity index (χ2v) is 10.1. The van der Waals surface area contributed by atoms with Crippen molar-refractivity contribution in [2.75, 3.05) is 28.3 Å². The van der Waals surface area contributed by atoms with Crippen LogP contribution < -0.4 is 24.6 Å². The quantitative estimate of drug-likeness (QED) is 0.168. The maximum absolute atomic E-state index is 13.7. The lowest BCUT2D eigenvalue weighted by Gasteiger charge is -2.34. The number of anilines is 3. The molecular formula is C34H28ClN3O6. The van der Waals surface area contributed by atoms with E-state index in [9.17, 15) is 19.2 Å². The molecule has 1 heterocycles. The Kier molecular flexibility index (Phi) is 9.06. The van der Waals surface area contributed by atoms with Crippen LogP contribution in [0.4, 0.5) is 21.9 Å². The number of barbiturate groups is 1. The fourth-order valence-corrected chi connectivity index (χ4v) is 4.89. The molecule has 1 aliphatic heterocycles. The lowest BCUT2D eigenvalue weighted by Crippen LogP contribution is -2.57. The molecule has 0 aliphatic carbocycles. The van der Waals surface area contributed by atoms with E-state index in [1.807, 2.05) is 25.1 Å². The fourth-order valence-electron chi connectivity index (χ4n) is 4.62. The summed E-state index contributed by atoms with van der Waals surface area (Å²) in [5, 5.41) is 2.89. The Morgan fingerprint density at radius 2 is 1.39 bits per heavy atom. The number of nitrogens with one attached hydrogen (secondary N) is 1. The third-order valence-corrected chi connectivity index (χ3v) is 6.97. The van der Waals surface area contributed by atoms with Crippen LogP contribution >= 0.6 is 11.6 Å². The Morgan fingerprint density at radius 1 is 0.818 bits per heavy atom. The second-order valence-electron chi connectivity index (χ2n) is 9.71. The van der Waals surface area contributed by atoms with Crippen molar-refractivity contribution in [1.82, 2.24) is 0 Å². The zero-order valence-electron chi connectivity index (χ0n) is 24.0. The monoisotopic (exact) mass is 609 g/mol. The van der Waals surface area contributed by atoms with E-state index in [0.29, 0.717) is 22.6 Å². The Hall–Kier alpha value is -5.41. The van der Waals surface area contributed by atoms with Crippen molar-refractivity contribution in [3.63, 3.8) is 0 Å². The van der Waals surface area contributed by atoms with E-state index in [4.69, 9.17) is 21.1 Å². The molecule has 222 valence electrons. The van der Waals surface area contributed by atoms with Crippen LogP contribution in [0.1, 0.15) is 18.1 Å². The third-order valence-electron chi connectivity index (χ3n) is 6.69. The first-order valence-corrected chi connectivity index (χ1v) is 14.2. The molecule has 9 nitrogen and oxygen atoms in total. The Balaban J connectivity index is 1.48. The maximum atomic E-state index is 13.7. The van der Waals surface area contributed by atoms with Crippen LogP contribution in [0, 0.1) is 6.92 Å². The molecule has 0 radical (unpaired) electrons. The van der Waals surface area contributed by atoms with Crippen molar-refractivity contribution >= 4 is 58.5 Å². The van der Waals surface area contributed by atoms with Crippen LogP contribution in [-0.2, 0) is 14.4 Å². The molecule has 0 atom stereocenters. The number of urea groups is 1. The number of halogens is 1. The van der Waals surface area contributed by atoms with Gasteiger partial charge in [0.25, 0.3) is 17.7 Å². The third kappa shape index (κ3) is 6.33. The minimum Gasteiger partial charge on any atom is -0.490 e. The predicted molar refractivity (Wildman–Crippen MR) is 169 cm³/mol. The van der Waals surface area contributed by atoms with E-state index in [2.05, 4.69) is 5.32 Å². The predicted octanol–water partition coefficient (Wildman–Crippen LogP) is 6.65. The molecule has 5 amide bonds. The number of imide groups is 2. The highest BCUT2D eigenvalue weighted by atomic mass is 35.5. The van der Waals surface area contributed by atoms with E-state index < -0.39 is 23.8 Å². The molecular weight excluding hydrogens is 582 g/mol. The highest BCUT2D eigenvalue weighted by Crippen LogP contribution is 2.38. The Labute approximate surface area is 259 Å². The van der Waals surface area contributed by atoms with Crippen molar-refractivity contribution < 1.29 is 28.7 Å². The van der Waals surface area contributed by atoms with E-state index >= 15 is 0 Å². The van der Waals surface area contributed by atoms with E-state index in [-0.39, 0.29) is 35.3 Å². The summed E-state index contributed by atoms with van der Waals surface area (Å²) in [6.45, 7) is 3.55. The van der Waals surface area contributed by atoms with Gasteiger partial charge in [-0.25, -0.2) is 14.6 Å². The molecule has 10 heteroatoms. The minimum atomic E-state index is -0.796. The van der Waals surface area contributed by atoms with Crippen LogP contribution in [-0.4, -0.2) is 37.0 Å². The van der Waals surface area contributed by atoms with Crippen LogP contribution in [0.15, 0.2) is 103 Å². The largest absolute Gasteiger partial charge is 0.490 e. The molecule has 0 spiro atoms. The molecule has 4 aromatic carbocycles. The summed E-state index contributed by atoms with van der Waals surface area (Å²) in [7, 11) is 0. The smallest absolute Gasteiger partial charge is 0.343 e. The number of benzene rings is 4. The molecule has 4 aromatic rings. The molecule has 0 bridgehead atoms. The van der Waals surface area contributed by atoms with Gasteiger partial charge in [0.15, 0.2) is 18.1 Å². The Morgan fingerprint density at radius 3 is 1.95 bits per heavy atom. The summed E-state index contributed by atoms with van der Waals surface area (Å²) >= 11 is 6.59. The number of amides is 5. The van der Waals surface area contributed by atoms with Crippen LogP contribution in [0.2, 0.25) is 5.02 Å². The summed E-state index contributed by atoms with van der Waals surface area (Å²) in [5.74, 6) is -1.64. The van der Waals surface area contributed by atoms with Gasteiger partial charge in [-0.05, 0) is 73.5 Å². The molecule has 1 fully saturated rings. The number of carbonyl (C=O) groups excluding carboxylic acids is 4. The Bertz CT molecular complexity index is 1690. The summed E-state index contributed by atoms with van der Waals surface area (Å²) in [6.07, 6.45) is 1.35. The van der Waals surface area contributed by atoms with Crippen molar-refractivity contribution in [2.45, 2.75) is 13.8 Å². The molecule has 5 rings (SSSR count). The van der Waals surface area contributed by atoms with E-state index in [1.165, 1.54) is 12.1 Å². The van der Waals surface area contributed by atoms with Crippen LogP contribution in [0.25, 0.3) is 6.08 Å². The number of hydrogen-bond acceptors (Lipinski definition) is 6. The second kappa shape index (κ2) is 13.3. The first-order chi connectivity index (χ1) is 21.3. The molecule has 1 aliphatic rings. The van der Waals surface area contributed by atoms with Crippen LogP contribution in [0.3, 0.4) is 0 Å². The van der Waals surface area contributed by atoms with Crippen molar-refractivity contribution in [3.05, 3.63) is 119 Å². The highest BCUT2D eigenvalue weighted by molar-refractivity contribution is 6.46. The van der Waals surface area contributed by atoms with Gasteiger partial charge in [0.05, 0.1) is 23.0 Å². The van der Waals surface area contributed by atoms with Gasteiger partial charge in [0, 0.05) is 5.69 Å². The minimum absolute atomic E-state index is 0.0955. The maximum Gasteiger partial charge on any atom is 0.343 e. The molecule has 0 aromatic heterocycles. The SMILES string of the molecule is CCOc1cc(C=C2C(=O)N(c3ccccc3)C(=O)N(c3ccccc3)C2=O)cc(Cl)c1OCC(=O)Nc1ccccc1C. The van der Waals surface area contributed by atoms with Crippen molar-refractivity contribution in [3.8, 4) is 11.5 Å². The first-order valence-electron chi connectivity index (χ1n) is 13.8. The number of nitrogens with zero attached hydrogens (tertiary/aromatic N) is 2. The van der Waals surface area contributed by atoms with Gasteiger partial charge in [-0.1, -0.05) is 66.2 Å². The molecule has 0 saturated carbocycles. The number of ether oxygens (including phenoxy) is 2. The highest BCUT2D eigenvalue weighted by Gasteiger charge is 2.43. The number of hydrogen-bond donors (Lipinski definition) is 1. The summed E-state index contributed by atoms with van der Waals surface area (Å²) in [5.41, 5.74) is 2.26. The zero-order valence-corrected chi connectivity index (χ0v) is 24.7. The fraction of sp³-hybridized carbons (Fsp3) is 0.118. The van der Waals surface area contributed by atoms with E-state index in [1.54, 1.807) is 79.7 Å². The molecule has 1 N–H and O–H groups in total. The van der Waals surface area contributed by atoms with Gasteiger partial charge in [-0.15, -0.1) is 0 Å². The summed E-state index contributed by atoms with van der Waals surface area (Å²) < 4.78 is 11.5.